The molecule has 0 aliphatic heterocycles. The van der Waals surface area contributed by atoms with E-state index in [1.807, 2.05) is 12.1 Å². The average molecular weight is 463 g/mol. The lowest BCUT2D eigenvalue weighted by molar-refractivity contribution is 0.102. The van der Waals surface area contributed by atoms with Crippen LogP contribution in [0.15, 0.2) is 63.6 Å². The van der Waals surface area contributed by atoms with Crippen LogP contribution in [0.4, 0.5) is 5.69 Å². The molecule has 134 valence electrons. The van der Waals surface area contributed by atoms with Gasteiger partial charge >= 0.3 is 0 Å². The van der Waals surface area contributed by atoms with Crippen LogP contribution in [0.2, 0.25) is 10.2 Å². The van der Waals surface area contributed by atoms with E-state index >= 15 is 0 Å². The van der Waals surface area contributed by atoms with E-state index in [1.54, 1.807) is 36.4 Å². The molecule has 0 atom stereocenters. The van der Waals surface area contributed by atoms with E-state index in [0.29, 0.717) is 38.8 Å². The van der Waals surface area contributed by atoms with Crippen LogP contribution in [0.3, 0.4) is 0 Å². The highest BCUT2D eigenvalue weighted by molar-refractivity contribution is 9.10. The number of nitrogens with zero attached hydrogens (tertiary/aromatic N) is 2. The third-order valence-corrected chi connectivity index (χ3v) is 4.93. The number of nitrogens with one attached hydrogen (secondary N) is 1. The summed E-state index contributed by atoms with van der Waals surface area (Å²) >= 11 is 15.6. The number of rotatable bonds is 3. The number of pyridine rings is 1. The summed E-state index contributed by atoms with van der Waals surface area (Å²) in [6.45, 7) is 0. The molecule has 27 heavy (non-hydrogen) atoms. The number of benzene rings is 2. The molecular formula is C19H10BrCl2N3O2. The minimum Gasteiger partial charge on any atom is -0.436 e. The fourth-order valence-electron chi connectivity index (χ4n) is 2.54. The molecule has 1 N–H and O–H groups in total. The molecule has 0 fully saturated rings. The van der Waals surface area contributed by atoms with Gasteiger partial charge in [-0.1, -0.05) is 39.1 Å². The van der Waals surface area contributed by atoms with E-state index in [2.05, 4.69) is 31.2 Å². The second kappa shape index (κ2) is 7.31. The molecule has 0 aliphatic rings. The standard InChI is InChI=1S/C19H10BrCl2N3O2/c20-10-3-5-14(21)13(8-10)19-25-15-9-11(4-6-16(15)27-19)24-18(26)12-2-1-7-23-17(12)22/h1-9H,(H,24,26). The Morgan fingerprint density at radius 1 is 1.11 bits per heavy atom. The van der Waals surface area contributed by atoms with Gasteiger partial charge in [-0.15, -0.1) is 0 Å². The van der Waals surface area contributed by atoms with E-state index in [4.69, 9.17) is 27.6 Å². The molecule has 0 radical (unpaired) electrons. The Bertz CT molecular complexity index is 1180. The summed E-state index contributed by atoms with van der Waals surface area (Å²) in [5, 5.41) is 3.46. The second-order valence-corrected chi connectivity index (χ2v) is 7.30. The number of oxazole rings is 1. The number of carbonyl (C=O) groups is 1. The normalized spacial score (nSPS) is 10.9. The van der Waals surface area contributed by atoms with Crippen molar-refractivity contribution in [2.24, 2.45) is 0 Å². The first-order valence-corrected chi connectivity index (χ1v) is 9.34. The van der Waals surface area contributed by atoms with Gasteiger partial charge < -0.3 is 9.73 Å². The Labute approximate surface area is 172 Å². The second-order valence-electron chi connectivity index (χ2n) is 5.62. The summed E-state index contributed by atoms with van der Waals surface area (Å²) in [5.74, 6) is 0.0429. The predicted octanol–water partition coefficient (Wildman–Crippen LogP) is 6.21. The maximum atomic E-state index is 12.4. The third kappa shape index (κ3) is 3.69. The van der Waals surface area contributed by atoms with Gasteiger partial charge in [0.05, 0.1) is 16.1 Å². The SMILES string of the molecule is O=C(Nc1ccc2oc(-c3cc(Br)ccc3Cl)nc2c1)c1cccnc1Cl. The van der Waals surface area contributed by atoms with Crippen molar-refractivity contribution in [1.29, 1.82) is 0 Å². The predicted molar refractivity (Wildman–Crippen MR) is 109 cm³/mol. The Hall–Kier alpha value is -2.41. The topological polar surface area (TPSA) is 68.0 Å². The maximum Gasteiger partial charge on any atom is 0.258 e. The van der Waals surface area contributed by atoms with Gasteiger partial charge in [0, 0.05) is 16.4 Å². The van der Waals surface area contributed by atoms with E-state index in [-0.39, 0.29) is 11.1 Å². The van der Waals surface area contributed by atoms with Crippen LogP contribution in [0.25, 0.3) is 22.6 Å². The van der Waals surface area contributed by atoms with Crippen LogP contribution in [-0.4, -0.2) is 15.9 Å². The molecule has 1 amide bonds. The molecule has 2 aromatic carbocycles. The fraction of sp³-hybridized carbons (Fsp3) is 0. The van der Waals surface area contributed by atoms with Crippen molar-refractivity contribution < 1.29 is 9.21 Å². The van der Waals surface area contributed by atoms with Crippen molar-refractivity contribution in [3.05, 3.63) is 74.9 Å². The van der Waals surface area contributed by atoms with Crippen LogP contribution >= 0.6 is 39.1 Å². The molecule has 4 aromatic rings. The summed E-state index contributed by atoms with van der Waals surface area (Å²) in [7, 11) is 0. The molecule has 0 spiro atoms. The minimum absolute atomic E-state index is 0.143. The van der Waals surface area contributed by atoms with Gasteiger partial charge in [-0.25, -0.2) is 9.97 Å². The Morgan fingerprint density at radius 3 is 2.78 bits per heavy atom. The molecule has 4 rings (SSSR count). The van der Waals surface area contributed by atoms with Gasteiger partial charge in [0.25, 0.3) is 5.91 Å². The van der Waals surface area contributed by atoms with Crippen molar-refractivity contribution in [3.63, 3.8) is 0 Å². The highest BCUT2D eigenvalue weighted by atomic mass is 79.9. The van der Waals surface area contributed by atoms with Crippen molar-refractivity contribution in [2.75, 3.05) is 5.32 Å². The number of hydrogen-bond acceptors (Lipinski definition) is 4. The number of hydrogen-bond donors (Lipinski definition) is 1. The van der Waals surface area contributed by atoms with Gasteiger partial charge in [-0.2, -0.15) is 0 Å². The van der Waals surface area contributed by atoms with Crippen LogP contribution < -0.4 is 5.32 Å². The zero-order valence-corrected chi connectivity index (χ0v) is 16.6. The van der Waals surface area contributed by atoms with Crippen molar-refractivity contribution in [3.8, 4) is 11.5 Å². The molecular weight excluding hydrogens is 453 g/mol. The summed E-state index contributed by atoms with van der Waals surface area (Å²) in [4.78, 5) is 20.8. The number of carbonyl (C=O) groups excluding carboxylic acids is 1. The summed E-state index contributed by atoms with van der Waals surface area (Å²) in [5.41, 5.74) is 2.71. The van der Waals surface area contributed by atoms with Gasteiger partial charge in [0.15, 0.2) is 5.58 Å². The molecule has 2 aromatic heterocycles. The molecule has 5 nitrogen and oxygen atoms in total. The Morgan fingerprint density at radius 2 is 1.96 bits per heavy atom. The lowest BCUT2D eigenvalue weighted by Gasteiger charge is -2.05. The first kappa shape index (κ1) is 18.0. The molecule has 0 saturated heterocycles. The summed E-state index contributed by atoms with van der Waals surface area (Å²) in [6, 6.07) is 13.9. The fourth-order valence-corrected chi connectivity index (χ4v) is 3.30. The highest BCUT2D eigenvalue weighted by Gasteiger charge is 2.14. The number of halogens is 3. The molecule has 0 aliphatic carbocycles. The van der Waals surface area contributed by atoms with Crippen LogP contribution in [0.5, 0.6) is 0 Å². The van der Waals surface area contributed by atoms with Gasteiger partial charge in [0.1, 0.15) is 10.7 Å². The van der Waals surface area contributed by atoms with Crippen molar-refractivity contribution in [2.45, 2.75) is 0 Å². The molecule has 0 bridgehead atoms. The highest BCUT2D eigenvalue weighted by Crippen LogP contribution is 2.33. The number of fused-ring (bicyclic) bond motifs is 1. The monoisotopic (exact) mass is 461 g/mol. The van der Waals surface area contributed by atoms with Crippen LogP contribution in [-0.2, 0) is 0 Å². The van der Waals surface area contributed by atoms with E-state index in [9.17, 15) is 4.79 Å². The minimum atomic E-state index is -0.355. The average Bonchev–Trinajstić information content (AvgIpc) is 3.07. The Kier molecular flexibility index (Phi) is 4.86. The Balaban J connectivity index is 1.66. The van der Waals surface area contributed by atoms with E-state index < -0.39 is 0 Å². The zero-order valence-electron chi connectivity index (χ0n) is 13.5. The molecule has 8 heteroatoms. The van der Waals surface area contributed by atoms with Gasteiger partial charge in [0.2, 0.25) is 5.89 Å². The van der Waals surface area contributed by atoms with E-state index in [1.165, 1.54) is 6.20 Å². The number of aromatic nitrogens is 2. The van der Waals surface area contributed by atoms with Gasteiger partial charge in [-0.05, 0) is 48.5 Å². The van der Waals surface area contributed by atoms with E-state index in [0.717, 1.165) is 4.47 Å². The maximum absolute atomic E-state index is 12.4. The lowest BCUT2D eigenvalue weighted by Crippen LogP contribution is -2.12. The molecule has 0 saturated carbocycles. The quantitative estimate of drug-likeness (QED) is 0.367. The van der Waals surface area contributed by atoms with Crippen LogP contribution in [0, 0.1) is 0 Å². The third-order valence-electron chi connectivity index (χ3n) is 3.81. The largest absolute Gasteiger partial charge is 0.436 e. The van der Waals surface area contributed by atoms with Crippen LogP contribution in [0.1, 0.15) is 10.4 Å². The van der Waals surface area contributed by atoms with Crippen molar-refractivity contribution in [1.82, 2.24) is 9.97 Å². The number of anilines is 1. The smallest absolute Gasteiger partial charge is 0.258 e. The number of amides is 1. The van der Waals surface area contributed by atoms with Crippen molar-refractivity contribution >= 4 is 61.8 Å². The van der Waals surface area contributed by atoms with Gasteiger partial charge in [-0.3, -0.25) is 4.79 Å². The first-order chi connectivity index (χ1) is 13.0. The lowest BCUT2D eigenvalue weighted by atomic mass is 10.2. The first-order valence-electron chi connectivity index (χ1n) is 7.79. The zero-order chi connectivity index (χ0) is 19.0. The summed E-state index contributed by atoms with van der Waals surface area (Å²) in [6.07, 6.45) is 1.52. The molecule has 0 unspecified atom stereocenters. The summed E-state index contributed by atoms with van der Waals surface area (Å²) < 4.78 is 6.66. The molecule has 2 heterocycles.